The number of morpholine rings is 1. The van der Waals surface area contributed by atoms with Gasteiger partial charge in [0.1, 0.15) is 14.8 Å². The number of carbonyl (C=O) groups excluding carboxylic acids is 1. The van der Waals surface area contributed by atoms with E-state index in [2.05, 4.69) is 4.98 Å². The quantitative estimate of drug-likeness (QED) is 0.656. The third-order valence-electron chi connectivity index (χ3n) is 6.63. The van der Waals surface area contributed by atoms with E-state index in [1.807, 2.05) is 32.4 Å². The fourth-order valence-corrected chi connectivity index (χ4v) is 7.70. The summed E-state index contributed by atoms with van der Waals surface area (Å²) < 4.78 is 36.1. The average molecular weight is 481 g/mol. The van der Waals surface area contributed by atoms with Crippen LogP contribution in [0.4, 0.5) is 0 Å². The molecule has 2 saturated heterocycles. The molecule has 0 aliphatic carbocycles. The molecule has 2 aromatic rings. The van der Waals surface area contributed by atoms with Crippen molar-refractivity contribution in [3.05, 3.63) is 22.3 Å². The van der Waals surface area contributed by atoms with Gasteiger partial charge in [-0.25, -0.2) is 13.4 Å². The maximum absolute atomic E-state index is 13.6. The van der Waals surface area contributed by atoms with Crippen molar-refractivity contribution >= 4 is 27.3 Å². The number of aryl methyl sites for hydroxylation is 1. The summed E-state index contributed by atoms with van der Waals surface area (Å²) in [5, 5.41) is 0.664. The van der Waals surface area contributed by atoms with Gasteiger partial charge in [0.2, 0.25) is 10.0 Å². The van der Waals surface area contributed by atoms with Crippen LogP contribution in [0, 0.1) is 13.8 Å². The van der Waals surface area contributed by atoms with Gasteiger partial charge in [0.25, 0.3) is 5.91 Å². The van der Waals surface area contributed by atoms with E-state index in [1.54, 1.807) is 15.3 Å². The molecule has 8 nitrogen and oxygen atoms in total. The molecule has 2 aliphatic rings. The number of amides is 1. The molecule has 4 heterocycles. The number of thiazole rings is 1. The Labute approximate surface area is 194 Å². The van der Waals surface area contributed by atoms with Crippen molar-refractivity contribution in [3.8, 4) is 10.7 Å². The van der Waals surface area contributed by atoms with E-state index in [-0.39, 0.29) is 11.9 Å². The molecule has 2 aromatic heterocycles. The molecule has 0 aromatic carbocycles. The van der Waals surface area contributed by atoms with Crippen molar-refractivity contribution in [3.63, 3.8) is 0 Å². The normalized spacial score (nSPS) is 20.6. The summed E-state index contributed by atoms with van der Waals surface area (Å²) in [7, 11) is -1.74. The van der Waals surface area contributed by atoms with E-state index >= 15 is 0 Å². The average Bonchev–Trinajstić information content (AvgIpc) is 3.33. The molecule has 10 heteroatoms. The van der Waals surface area contributed by atoms with Gasteiger partial charge >= 0.3 is 0 Å². The first-order valence-electron chi connectivity index (χ1n) is 11.3. The summed E-state index contributed by atoms with van der Waals surface area (Å²) in [6.45, 7) is 8.53. The summed E-state index contributed by atoms with van der Waals surface area (Å²) in [6.07, 6.45) is 3.69. The van der Waals surface area contributed by atoms with Gasteiger partial charge in [0, 0.05) is 38.4 Å². The van der Waals surface area contributed by atoms with Crippen LogP contribution in [0.15, 0.2) is 11.0 Å². The van der Waals surface area contributed by atoms with Crippen LogP contribution in [0.2, 0.25) is 0 Å². The van der Waals surface area contributed by atoms with Gasteiger partial charge in [0.15, 0.2) is 0 Å². The first kappa shape index (κ1) is 23.4. The first-order valence-corrected chi connectivity index (χ1v) is 13.5. The molecular formula is C22H32N4O4S2. The van der Waals surface area contributed by atoms with Crippen molar-refractivity contribution in [1.29, 1.82) is 0 Å². The van der Waals surface area contributed by atoms with Crippen LogP contribution >= 0.6 is 11.3 Å². The zero-order valence-corrected chi connectivity index (χ0v) is 20.9. The Morgan fingerprint density at radius 3 is 2.62 bits per heavy atom. The zero-order chi connectivity index (χ0) is 23.0. The number of hydrogen-bond donors (Lipinski definition) is 0. The van der Waals surface area contributed by atoms with Gasteiger partial charge in [-0.3, -0.25) is 4.79 Å². The van der Waals surface area contributed by atoms with Crippen LogP contribution in [0.25, 0.3) is 10.7 Å². The predicted molar refractivity (Wildman–Crippen MR) is 125 cm³/mol. The van der Waals surface area contributed by atoms with E-state index in [1.165, 1.54) is 11.3 Å². The summed E-state index contributed by atoms with van der Waals surface area (Å²) in [5.74, 6) is -0.0348. The van der Waals surface area contributed by atoms with Crippen molar-refractivity contribution in [2.24, 2.45) is 7.05 Å². The lowest BCUT2D eigenvalue weighted by molar-refractivity contribution is 0.0305. The largest absolute Gasteiger partial charge is 0.378 e. The lowest BCUT2D eigenvalue weighted by Gasteiger charge is -2.34. The maximum atomic E-state index is 13.6. The number of rotatable bonds is 5. The number of aromatic nitrogens is 2. The van der Waals surface area contributed by atoms with Crippen LogP contribution in [0.1, 0.15) is 53.7 Å². The van der Waals surface area contributed by atoms with Crippen molar-refractivity contribution < 1.29 is 17.9 Å². The van der Waals surface area contributed by atoms with Gasteiger partial charge in [-0.15, -0.1) is 11.3 Å². The van der Waals surface area contributed by atoms with E-state index < -0.39 is 10.0 Å². The van der Waals surface area contributed by atoms with Crippen LogP contribution in [-0.2, 0) is 21.8 Å². The zero-order valence-electron chi connectivity index (χ0n) is 19.3. The second-order valence-electron chi connectivity index (χ2n) is 8.55. The monoisotopic (exact) mass is 480 g/mol. The highest BCUT2D eigenvalue weighted by molar-refractivity contribution is 7.89. The number of nitrogens with zero attached hydrogens (tertiary/aromatic N) is 4. The minimum Gasteiger partial charge on any atom is -0.378 e. The smallest absolute Gasteiger partial charge is 0.266 e. The van der Waals surface area contributed by atoms with Gasteiger partial charge in [-0.05, 0) is 39.2 Å². The highest BCUT2D eigenvalue weighted by Gasteiger charge is 2.35. The number of carbonyl (C=O) groups is 1. The van der Waals surface area contributed by atoms with E-state index in [0.717, 1.165) is 31.4 Å². The van der Waals surface area contributed by atoms with Crippen LogP contribution in [-0.4, -0.2) is 72.0 Å². The maximum Gasteiger partial charge on any atom is 0.266 e. The second kappa shape index (κ2) is 9.24. The van der Waals surface area contributed by atoms with Crippen LogP contribution < -0.4 is 0 Å². The number of hydrogen-bond acceptors (Lipinski definition) is 6. The first-order chi connectivity index (χ1) is 15.3. The standard InChI is InChI=1S/C22H32N4O4S2/c1-5-17-8-6-7-9-26(17)32(28,29)19-14-18(24(4)16(19)3)21-23-15(2)20(31-21)22(27)25-10-12-30-13-11-25/h14,17H,5-13H2,1-4H3/t17-/m0/s1. The van der Waals surface area contributed by atoms with Crippen molar-refractivity contribution in [1.82, 2.24) is 18.8 Å². The highest BCUT2D eigenvalue weighted by Crippen LogP contribution is 2.35. The molecule has 0 bridgehead atoms. The lowest BCUT2D eigenvalue weighted by atomic mass is 10.0. The van der Waals surface area contributed by atoms with E-state index in [0.29, 0.717) is 59.0 Å². The fraction of sp³-hybridized carbons (Fsp3) is 0.636. The summed E-state index contributed by atoms with van der Waals surface area (Å²) in [6, 6.07) is 1.78. The van der Waals surface area contributed by atoms with E-state index in [9.17, 15) is 13.2 Å². The Morgan fingerprint density at radius 1 is 1.22 bits per heavy atom. The Hall–Kier alpha value is -1.75. The number of piperidine rings is 1. The molecule has 32 heavy (non-hydrogen) atoms. The van der Waals surface area contributed by atoms with Crippen molar-refractivity contribution in [2.45, 2.75) is 57.4 Å². The van der Waals surface area contributed by atoms with Crippen molar-refractivity contribution in [2.75, 3.05) is 32.8 Å². The van der Waals surface area contributed by atoms with E-state index in [4.69, 9.17) is 4.74 Å². The molecule has 176 valence electrons. The SMILES string of the molecule is CC[C@H]1CCCCN1S(=O)(=O)c1cc(-c2nc(C)c(C(=O)N3CCOCC3)s2)n(C)c1C. The molecular weight excluding hydrogens is 448 g/mol. The Kier molecular flexibility index (Phi) is 6.76. The molecule has 0 radical (unpaired) electrons. The highest BCUT2D eigenvalue weighted by atomic mass is 32.2. The number of ether oxygens (including phenoxy) is 1. The topological polar surface area (TPSA) is 84.7 Å². The minimum absolute atomic E-state index is 0.0348. The van der Waals surface area contributed by atoms with Crippen LogP contribution in [0.5, 0.6) is 0 Å². The predicted octanol–water partition coefficient (Wildman–Crippen LogP) is 3.19. The molecule has 2 aliphatic heterocycles. The van der Waals surface area contributed by atoms with Gasteiger partial charge < -0.3 is 14.2 Å². The molecule has 0 spiro atoms. The third-order valence-corrected chi connectivity index (χ3v) is 9.86. The Bertz CT molecular complexity index is 1100. The fourth-order valence-electron chi connectivity index (χ4n) is 4.58. The van der Waals surface area contributed by atoms with Gasteiger partial charge in [-0.2, -0.15) is 4.31 Å². The summed E-state index contributed by atoms with van der Waals surface area (Å²) in [5.41, 5.74) is 2.08. The Morgan fingerprint density at radius 2 is 1.94 bits per heavy atom. The lowest BCUT2D eigenvalue weighted by Crippen LogP contribution is -2.43. The molecule has 4 rings (SSSR count). The van der Waals surface area contributed by atoms with Crippen LogP contribution in [0.3, 0.4) is 0 Å². The third kappa shape index (κ3) is 4.13. The minimum atomic E-state index is -3.60. The molecule has 1 amide bonds. The molecule has 2 fully saturated rings. The molecule has 0 saturated carbocycles. The van der Waals surface area contributed by atoms with Gasteiger partial charge in [-0.1, -0.05) is 13.3 Å². The molecule has 1 atom stereocenters. The molecule has 0 N–H and O–H groups in total. The molecule has 0 unspecified atom stereocenters. The summed E-state index contributed by atoms with van der Waals surface area (Å²) >= 11 is 1.33. The second-order valence-corrected chi connectivity index (χ2v) is 11.4. The summed E-state index contributed by atoms with van der Waals surface area (Å²) in [4.78, 5) is 20.4. The Balaban J connectivity index is 1.68. The van der Waals surface area contributed by atoms with Gasteiger partial charge in [0.05, 0.1) is 24.6 Å². The number of sulfonamides is 1.